The van der Waals surface area contributed by atoms with Crippen molar-refractivity contribution in [3.63, 3.8) is 0 Å². The maximum Gasteiger partial charge on any atom is 0.233 e. The molecule has 2 aliphatic rings. The number of thioether (sulfide) groups is 1. The second-order valence-corrected chi connectivity index (χ2v) is 4.22. The number of alkyl halides is 2. The van der Waals surface area contributed by atoms with E-state index in [2.05, 4.69) is 0 Å². The van der Waals surface area contributed by atoms with E-state index in [4.69, 9.17) is 23.2 Å². The highest BCUT2D eigenvalue weighted by Gasteiger charge is 2.38. The first kappa shape index (κ1) is 9.49. The monoisotopic (exact) mass is 213 g/mol. The van der Waals surface area contributed by atoms with Crippen molar-refractivity contribution in [2.75, 3.05) is 17.6 Å². The number of halogens is 2. The van der Waals surface area contributed by atoms with Crippen LogP contribution in [-0.2, 0) is 4.79 Å². The van der Waals surface area contributed by atoms with Crippen LogP contribution in [-0.4, -0.2) is 33.8 Å². The van der Waals surface area contributed by atoms with Gasteiger partial charge in [-0.05, 0) is 6.42 Å². The zero-order valence-electron chi connectivity index (χ0n) is 5.93. The van der Waals surface area contributed by atoms with Gasteiger partial charge in [0.1, 0.15) is 0 Å². The third-order valence-electron chi connectivity index (χ3n) is 1.68. The van der Waals surface area contributed by atoms with Crippen LogP contribution in [0.4, 0.5) is 0 Å². The molecule has 0 spiro atoms. The summed E-state index contributed by atoms with van der Waals surface area (Å²) in [4.78, 5) is 12.7. The van der Waals surface area contributed by atoms with Crippen molar-refractivity contribution in [2.45, 2.75) is 11.8 Å². The fourth-order valence-electron chi connectivity index (χ4n) is 1.07. The average molecular weight is 214 g/mol. The number of hydrogen-bond donors (Lipinski definition) is 0. The lowest BCUT2D eigenvalue weighted by atomic mass is 10.2. The lowest BCUT2D eigenvalue weighted by Crippen LogP contribution is -2.44. The minimum absolute atomic E-state index is 0.194. The molecule has 0 aliphatic carbocycles. The summed E-state index contributed by atoms with van der Waals surface area (Å²) in [6.07, 6.45) is 1.22. The van der Waals surface area contributed by atoms with E-state index in [1.54, 1.807) is 11.8 Å². The lowest BCUT2D eigenvalue weighted by Gasteiger charge is -2.33. The van der Waals surface area contributed by atoms with Gasteiger partial charge in [0.2, 0.25) is 5.91 Å². The molecule has 2 heterocycles. The van der Waals surface area contributed by atoms with E-state index < -0.39 is 0 Å². The van der Waals surface area contributed by atoms with E-state index in [0.29, 0.717) is 11.3 Å². The first-order valence-corrected chi connectivity index (χ1v) is 5.44. The van der Waals surface area contributed by atoms with Gasteiger partial charge in [-0.3, -0.25) is 4.79 Å². The molecular weight excluding hydrogens is 205 g/mol. The number of hydrogen-bond acceptors (Lipinski definition) is 2. The summed E-state index contributed by atoms with van der Waals surface area (Å²) in [7, 11) is 0. The summed E-state index contributed by atoms with van der Waals surface area (Å²) in [5.41, 5.74) is 0. The third kappa shape index (κ3) is 2.17. The van der Waals surface area contributed by atoms with E-state index >= 15 is 0 Å². The Bertz CT molecular complexity index is 156. The van der Waals surface area contributed by atoms with Crippen LogP contribution < -0.4 is 0 Å². The van der Waals surface area contributed by atoms with E-state index in [1.165, 1.54) is 6.42 Å². The molecule has 2 rings (SSSR count). The van der Waals surface area contributed by atoms with Crippen LogP contribution in [0.1, 0.15) is 6.42 Å². The number of carbonyl (C=O) groups is 1. The van der Waals surface area contributed by atoms with Crippen LogP contribution >= 0.6 is 35.0 Å². The molecule has 2 nitrogen and oxygen atoms in total. The molecule has 5 heteroatoms. The molecule has 0 bridgehead atoms. The SMILES string of the molecule is ClCCl.O=C1CSC2CCN12. The Morgan fingerprint density at radius 3 is 2.45 bits per heavy atom. The number of rotatable bonds is 0. The van der Waals surface area contributed by atoms with Crippen molar-refractivity contribution in [3.05, 3.63) is 0 Å². The number of carbonyl (C=O) groups excluding carboxylic acids is 1. The molecule has 2 saturated heterocycles. The van der Waals surface area contributed by atoms with Crippen molar-refractivity contribution >= 4 is 40.9 Å². The molecule has 0 aromatic rings. The molecule has 0 aromatic heterocycles. The summed E-state index contributed by atoms with van der Waals surface area (Å²) >= 11 is 11.3. The van der Waals surface area contributed by atoms with Gasteiger partial charge in [0.15, 0.2) is 0 Å². The van der Waals surface area contributed by atoms with Crippen molar-refractivity contribution in [2.24, 2.45) is 0 Å². The quantitative estimate of drug-likeness (QED) is 0.572. The molecular formula is C6H9Cl2NOS. The molecule has 0 radical (unpaired) electrons. The Hall–Kier alpha value is 0.400. The Labute approximate surface area is 80.2 Å². The summed E-state index contributed by atoms with van der Waals surface area (Å²) in [6, 6.07) is 0. The molecule has 0 aromatic carbocycles. The van der Waals surface area contributed by atoms with Gasteiger partial charge in [-0.25, -0.2) is 0 Å². The maximum atomic E-state index is 10.7. The molecule has 2 fully saturated rings. The van der Waals surface area contributed by atoms with Crippen molar-refractivity contribution in [3.8, 4) is 0 Å². The molecule has 11 heavy (non-hydrogen) atoms. The van der Waals surface area contributed by atoms with Crippen LogP contribution in [0.15, 0.2) is 0 Å². The molecule has 1 amide bonds. The van der Waals surface area contributed by atoms with Crippen molar-refractivity contribution in [1.82, 2.24) is 4.90 Å². The van der Waals surface area contributed by atoms with Gasteiger partial charge >= 0.3 is 0 Å². The largest absolute Gasteiger partial charge is 0.330 e. The fourth-order valence-corrected chi connectivity index (χ4v) is 2.25. The third-order valence-corrected chi connectivity index (χ3v) is 2.97. The van der Waals surface area contributed by atoms with Crippen LogP contribution in [0.3, 0.4) is 0 Å². The van der Waals surface area contributed by atoms with Crippen LogP contribution in [0.5, 0.6) is 0 Å². The van der Waals surface area contributed by atoms with Gasteiger partial charge in [0.25, 0.3) is 0 Å². The predicted octanol–water partition coefficient (Wildman–Crippen LogP) is 1.71. The molecule has 0 saturated carbocycles. The standard InChI is InChI=1S/C5H7NOS.CH2Cl2/c7-4-3-8-5-1-2-6(4)5;2-1-3/h5H,1-3H2;1H2. The minimum Gasteiger partial charge on any atom is -0.330 e. The molecule has 1 unspecified atom stereocenters. The highest BCUT2D eigenvalue weighted by atomic mass is 35.5. The summed E-state index contributed by atoms with van der Waals surface area (Å²) in [5, 5.41) is 0.766. The predicted molar refractivity (Wildman–Crippen MR) is 49.1 cm³/mol. The van der Waals surface area contributed by atoms with Crippen LogP contribution in [0, 0.1) is 0 Å². The molecule has 2 aliphatic heterocycles. The van der Waals surface area contributed by atoms with Gasteiger partial charge in [-0.15, -0.1) is 35.0 Å². The first-order valence-electron chi connectivity index (χ1n) is 3.32. The highest BCUT2D eigenvalue weighted by molar-refractivity contribution is 8.01. The van der Waals surface area contributed by atoms with E-state index in [-0.39, 0.29) is 5.34 Å². The van der Waals surface area contributed by atoms with E-state index in [9.17, 15) is 4.79 Å². The van der Waals surface area contributed by atoms with Crippen molar-refractivity contribution < 1.29 is 4.79 Å². The highest BCUT2D eigenvalue weighted by Crippen LogP contribution is 2.34. The summed E-state index contributed by atoms with van der Waals surface area (Å²) in [6.45, 7) is 1.01. The lowest BCUT2D eigenvalue weighted by molar-refractivity contribution is -0.131. The van der Waals surface area contributed by atoms with Gasteiger partial charge < -0.3 is 4.90 Å². The zero-order chi connectivity index (χ0) is 8.27. The second-order valence-electron chi connectivity index (χ2n) is 2.24. The second kappa shape index (κ2) is 4.43. The van der Waals surface area contributed by atoms with Gasteiger partial charge in [0.05, 0.1) is 16.5 Å². The van der Waals surface area contributed by atoms with Gasteiger partial charge in [-0.2, -0.15) is 0 Å². The number of amides is 1. The number of fused-ring (bicyclic) bond motifs is 1. The molecule has 64 valence electrons. The molecule has 1 atom stereocenters. The van der Waals surface area contributed by atoms with E-state index in [1.807, 2.05) is 4.90 Å². The van der Waals surface area contributed by atoms with Crippen LogP contribution in [0.2, 0.25) is 0 Å². The molecule has 0 N–H and O–H groups in total. The Morgan fingerprint density at radius 2 is 2.27 bits per heavy atom. The van der Waals surface area contributed by atoms with Gasteiger partial charge in [0, 0.05) is 6.54 Å². The maximum absolute atomic E-state index is 10.7. The Balaban J connectivity index is 0.000000179. The Kier molecular flexibility index (Phi) is 3.82. The Morgan fingerprint density at radius 1 is 1.64 bits per heavy atom. The average Bonchev–Trinajstić information content (AvgIpc) is 2.08. The topological polar surface area (TPSA) is 20.3 Å². The smallest absolute Gasteiger partial charge is 0.233 e. The normalized spacial score (nSPS) is 26.9. The van der Waals surface area contributed by atoms with E-state index in [0.717, 1.165) is 12.3 Å². The first-order chi connectivity index (χ1) is 5.29. The summed E-state index contributed by atoms with van der Waals surface area (Å²) < 4.78 is 0. The zero-order valence-corrected chi connectivity index (χ0v) is 8.25. The minimum atomic E-state index is 0.194. The van der Waals surface area contributed by atoms with Crippen LogP contribution in [0.25, 0.3) is 0 Å². The fraction of sp³-hybridized carbons (Fsp3) is 0.833. The van der Waals surface area contributed by atoms with Gasteiger partial charge in [-0.1, -0.05) is 0 Å². The van der Waals surface area contributed by atoms with Crippen molar-refractivity contribution in [1.29, 1.82) is 0 Å². The summed E-state index contributed by atoms with van der Waals surface area (Å²) in [5.74, 6) is 1.07. The number of nitrogens with zero attached hydrogens (tertiary/aromatic N) is 1.